The van der Waals surface area contributed by atoms with Crippen molar-refractivity contribution in [3.63, 3.8) is 0 Å². The van der Waals surface area contributed by atoms with Crippen LogP contribution in [0.4, 0.5) is 0 Å². The first kappa shape index (κ1) is 36.7. The Labute approximate surface area is 385 Å². The van der Waals surface area contributed by atoms with Gasteiger partial charge < -0.3 is 18.0 Å². The third kappa shape index (κ3) is 5.13. The minimum atomic E-state index is -0.0978. The largest absolute Gasteiger partial charge is 0.456 e. The highest BCUT2D eigenvalue weighted by molar-refractivity contribution is 6.18. The van der Waals surface area contributed by atoms with Gasteiger partial charge in [0.25, 0.3) is 0 Å². The number of aromatic nitrogens is 2. The van der Waals surface area contributed by atoms with E-state index in [2.05, 4.69) is 211 Å². The van der Waals surface area contributed by atoms with Crippen LogP contribution in [0.5, 0.6) is 0 Å². The molecule has 4 heterocycles. The number of para-hydroxylation sites is 3. The fourth-order valence-electron chi connectivity index (χ4n) is 11.7. The lowest BCUT2D eigenvalue weighted by Gasteiger charge is -2.21. The summed E-state index contributed by atoms with van der Waals surface area (Å²) in [5.41, 5.74) is 20.5. The van der Waals surface area contributed by atoms with Gasteiger partial charge in [-0.15, -0.1) is 0 Å². The van der Waals surface area contributed by atoms with E-state index in [4.69, 9.17) is 8.83 Å². The Balaban J connectivity index is 0.921. The summed E-state index contributed by atoms with van der Waals surface area (Å²) >= 11 is 0. The number of nitrogens with zero attached hydrogens (tertiary/aromatic N) is 2. The number of fused-ring (bicyclic) bond motifs is 15. The van der Waals surface area contributed by atoms with Crippen LogP contribution >= 0.6 is 0 Å². The maximum Gasteiger partial charge on any atom is 0.137 e. The smallest absolute Gasteiger partial charge is 0.137 e. The first-order valence-corrected chi connectivity index (χ1v) is 23.1. The second-order valence-corrected chi connectivity index (χ2v) is 18.9. The lowest BCUT2D eigenvalue weighted by atomic mass is 9.82. The Morgan fingerprint density at radius 3 is 1.51 bits per heavy atom. The molecule has 0 aliphatic heterocycles. The summed E-state index contributed by atoms with van der Waals surface area (Å²) in [6.45, 7) is 4.73. The Morgan fingerprint density at radius 2 is 0.791 bits per heavy atom. The number of furan rings is 2. The number of rotatable bonds is 4. The SMILES string of the molecule is CC1(C)c2ccccc2-c2cc3c4cc(-c5ccc6c(c5)c5cc7c(cc5n6-c5ccc(-c6ccc8oc9ccccc9c8c6)cc5)oc5ccccc57)ccc4n(-c4ccccc4)c3cc21. The van der Waals surface area contributed by atoms with Crippen LogP contribution in [0.25, 0.3) is 132 Å². The van der Waals surface area contributed by atoms with Crippen molar-refractivity contribution >= 4 is 87.5 Å². The topological polar surface area (TPSA) is 36.1 Å². The van der Waals surface area contributed by atoms with Gasteiger partial charge in [-0.25, -0.2) is 0 Å². The number of benzene rings is 10. The Bertz CT molecular complexity index is 4400. The molecule has 10 aromatic carbocycles. The van der Waals surface area contributed by atoms with Gasteiger partial charge in [0.1, 0.15) is 22.3 Å². The molecule has 0 atom stereocenters. The van der Waals surface area contributed by atoms with Crippen LogP contribution in [0.2, 0.25) is 0 Å². The minimum absolute atomic E-state index is 0.0978. The molecule has 15 rings (SSSR count). The van der Waals surface area contributed by atoms with Crippen LogP contribution in [0, 0.1) is 0 Å². The van der Waals surface area contributed by atoms with E-state index >= 15 is 0 Å². The van der Waals surface area contributed by atoms with Gasteiger partial charge in [-0.05, 0) is 136 Å². The lowest BCUT2D eigenvalue weighted by Crippen LogP contribution is -2.14. The van der Waals surface area contributed by atoms with E-state index in [0.717, 1.165) is 77.4 Å². The van der Waals surface area contributed by atoms with Crippen LogP contribution in [-0.2, 0) is 5.41 Å². The summed E-state index contributed by atoms with van der Waals surface area (Å²) in [5.74, 6) is 0. The predicted octanol–water partition coefficient (Wildman–Crippen LogP) is 17.3. The van der Waals surface area contributed by atoms with E-state index in [-0.39, 0.29) is 5.41 Å². The molecule has 0 saturated carbocycles. The van der Waals surface area contributed by atoms with E-state index in [1.165, 1.54) is 66.0 Å². The van der Waals surface area contributed by atoms with Crippen LogP contribution < -0.4 is 0 Å². The molecule has 1 aliphatic carbocycles. The monoisotopic (exact) mass is 856 g/mol. The molecule has 0 N–H and O–H groups in total. The van der Waals surface area contributed by atoms with Crippen molar-refractivity contribution in [3.8, 4) is 44.8 Å². The summed E-state index contributed by atoms with van der Waals surface area (Å²) in [6.07, 6.45) is 0. The molecule has 4 aromatic heterocycles. The molecule has 0 saturated heterocycles. The predicted molar refractivity (Wildman–Crippen MR) is 278 cm³/mol. The van der Waals surface area contributed by atoms with Crippen LogP contribution in [0.1, 0.15) is 25.0 Å². The van der Waals surface area contributed by atoms with Crippen molar-refractivity contribution in [2.24, 2.45) is 0 Å². The highest BCUT2D eigenvalue weighted by Gasteiger charge is 2.36. The molecule has 14 aromatic rings. The highest BCUT2D eigenvalue weighted by Crippen LogP contribution is 2.51. The third-order valence-corrected chi connectivity index (χ3v) is 14.9. The normalized spacial score (nSPS) is 13.3. The van der Waals surface area contributed by atoms with Gasteiger partial charge in [0, 0.05) is 65.9 Å². The molecule has 0 bridgehead atoms. The average Bonchev–Trinajstić information content (AvgIpc) is 4.15. The van der Waals surface area contributed by atoms with Gasteiger partial charge in [-0.1, -0.05) is 123 Å². The van der Waals surface area contributed by atoms with Crippen LogP contribution in [0.3, 0.4) is 0 Å². The summed E-state index contributed by atoms with van der Waals surface area (Å²) in [7, 11) is 0. The zero-order chi connectivity index (χ0) is 44.1. The van der Waals surface area contributed by atoms with Crippen molar-refractivity contribution in [1.29, 1.82) is 0 Å². The third-order valence-electron chi connectivity index (χ3n) is 14.9. The maximum atomic E-state index is 6.52. The molecule has 4 nitrogen and oxygen atoms in total. The Kier molecular flexibility index (Phi) is 7.26. The van der Waals surface area contributed by atoms with E-state index in [0.29, 0.717) is 0 Å². The van der Waals surface area contributed by atoms with Crippen molar-refractivity contribution < 1.29 is 8.83 Å². The number of hydrogen-bond acceptors (Lipinski definition) is 2. The summed E-state index contributed by atoms with van der Waals surface area (Å²) in [6, 6.07) is 75.4. The Hall–Kier alpha value is -8.60. The molecule has 0 unspecified atom stereocenters. The minimum Gasteiger partial charge on any atom is -0.456 e. The average molecular weight is 857 g/mol. The van der Waals surface area contributed by atoms with Crippen LogP contribution in [0.15, 0.2) is 215 Å². The van der Waals surface area contributed by atoms with Gasteiger partial charge in [0.05, 0.1) is 22.1 Å². The lowest BCUT2D eigenvalue weighted by molar-refractivity contribution is 0.661. The molecule has 0 fully saturated rings. The van der Waals surface area contributed by atoms with E-state index in [1.807, 2.05) is 18.2 Å². The standard InChI is InChI=1S/C63H40N2O2/c1-63(2)53-17-9-6-14-43(53)46-33-49-47-30-39(22-27-55(47)64(57(49)35-54(46)63)41-12-4-3-5-13-41)40-23-28-56-48(31-40)50-34-52-45-16-8-11-19-60(45)67-62(52)36-58(50)65(56)42-25-20-37(21-26-42)38-24-29-61-51(32-38)44-15-7-10-18-59(44)66-61/h3-36H,1-2H3. The molecule has 0 amide bonds. The first-order chi connectivity index (χ1) is 32.9. The molecule has 0 spiro atoms. The van der Waals surface area contributed by atoms with Crippen molar-refractivity contribution in [1.82, 2.24) is 9.13 Å². The van der Waals surface area contributed by atoms with Crippen LogP contribution in [-0.4, -0.2) is 9.13 Å². The van der Waals surface area contributed by atoms with E-state index in [9.17, 15) is 0 Å². The van der Waals surface area contributed by atoms with Crippen molar-refractivity contribution in [3.05, 3.63) is 217 Å². The molecular formula is C63H40N2O2. The summed E-state index contributed by atoms with van der Waals surface area (Å²) in [4.78, 5) is 0. The second kappa shape index (κ2) is 13.2. The second-order valence-electron chi connectivity index (χ2n) is 18.9. The summed E-state index contributed by atoms with van der Waals surface area (Å²) < 4.78 is 17.5. The zero-order valence-corrected chi connectivity index (χ0v) is 36.8. The fraction of sp³-hybridized carbons (Fsp3) is 0.0476. The highest BCUT2D eigenvalue weighted by atomic mass is 16.3. The van der Waals surface area contributed by atoms with Gasteiger partial charge in [0.15, 0.2) is 0 Å². The zero-order valence-electron chi connectivity index (χ0n) is 36.8. The Morgan fingerprint density at radius 1 is 0.299 bits per heavy atom. The maximum absolute atomic E-state index is 6.52. The molecule has 314 valence electrons. The fourth-order valence-corrected chi connectivity index (χ4v) is 11.7. The van der Waals surface area contributed by atoms with Gasteiger partial charge >= 0.3 is 0 Å². The molecule has 4 heteroatoms. The van der Waals surface area contributed by atoms with Crippen molar-refractivity contribution in [2.45, 2.75) is 19.3 Å². The molecular weight excluding hydrogens is 817 g/mol. The van der Waals surface area contributed by atoms with Gasteiger partial charge in [-0.3, -0.25) is 0 Å². The quantitative estimate of drug-likeness (QED) is 0.177. The first-order valence-electron chi connectivity index (χ1n) is 23.1. The van der Waals surface area contributed by atoms with E-state index < -0.39 is 0 Å². The van der Waals surface area contributed by atoms with Gasteiger partial charge in [0.2, 0.25) is 0 Å². The molecule has 67 heavy (non-hydrogen) atoms. The number of hydrogen-bond donors (Lipinski definition) is 0. The molecule has 0 radical (unpaired) electrons. The van der Waals surface area contributed by atoms with E-state index in [1.54, 1.807) is 0 Å². The molecule has 1 aliphatic rings. The van der Waals surface area contributed by atoms with Gasteiger partial charge in [-0.2, -0.15) is 0 Å². The van der Waals surface area contributed by atoms with Crippen molar-refractivity contribution in [2.75, 3.05) is 0 Å². The summed E-state index contributed by atoms with van der Waals surface area (Å²) in [5, 5.41) is 9.41.